The van der Waals surface area contributed by atoms with E-state index < -0.39 is 0 Å². The molecule has 2 N–H and O–H groups in total. The van der Waals surface area contributed by atoms with E-state index in [1.807, 2.05) is 19.9 Å². The van der Waals surface area contributed by atoms with E-state index >= 15 is 0 Å². The second-order valence-corrected chi connectivity index (χ2v) is 4.82. The molecule has 0 spiro atoms. The maximum absolute atomic E-state index is 11.7. The Hall–Kier alpha value is -1.55. The van der Waals surface area contributed by atoms with E-state index in [-0.39, 0.29) is 18.4 Å². The topological polar surface area (TPSA) is 58.2 Å². The number of anilines is 1. The van der Waals surface area contributed by atoms with Crippen LogP contribution in [0.1, 0.15) is 31.7 Å². The van der Waals surface area contributed by atoms with Gasteiger partial charge in [0.2, 0.25) is 11.8 Å². The Morgan fingerprint density at radius 1 is 1.26 bits per heavy atom. The number of halogens is 1. The van der Waals surface area contributed by atoms with Crippen LogP contribution in [0.4, 0.5) is 5.69 Å². The van der Waals surface area contributed by atoms with E-state index in [4.69, 9.17) is 11.6 Å². The van der Waals surface area contributed by atoms with E-state index in [1.54, 1.807) is 12.1 Å². The summed E-state index contributed by atoms with van der Waals surface area (Å²) in [7, 11) is 0. The van der Waals surface area contributed by atoms with Crippen LogP contribution < -0.4 is 10.6 Å². The van der Waals surface area contributed by atoms with Gasteiger partial charge in [-0.15, -0.1) is 0 Å². The third-order valence-corrected chi connectivity index (χ3v) is 2.91. The lowest BCUT2D eigenvalue weighted by molar-refractivity contribution is -0.124. The Labute approximate surface area is 118 Å². The van der Waals surface area contributed by atoms with Gasteiger partial charge in [0.05, 0.1) is 6.54 Å². The maximum Gasteiger partial charge on any atom is 0.243 e. The molecule has 0 atom stereocenters. The van der Waals surface area contributed by atoms with Gasteiger partial charge in [-0.25, -0.2) is 0 Å². The minimum absolute atomic E-state index is 0.0193. The lowest BCUT2D eigenvalue weighted by atomic mass is 10.2. The van der Waals surface area contributed by atoms with Gasteiger partial charge in [-0.05, 0) is 31.0 Å². The van der Waals surface area contributed by atoms with Gasteiger partial charge >= 0.3 is 0 Å². The Bertz CT molecular complexity index is 461. The van der Waals surface area contributed by atoms with Crippen LogP contribution in [0, 0.1) is 6.92 Å². The van der Waals surface area contributed by atoms with Crippen molar-refractivity contribution in [1.29, 1.82) is 0 Å². The molecule has 0 bridgehead atoms. The zero-order valence-corrected chi connectivity index (χ0v) is 12.0. The van der Waals surface area contributed by atoms with Crippen LogP contribution in [0.15, 0.2) is 18.2 Å². The first-order chi connectivity index (χ1) is 9.02. The molecule has 1 rings (SSSR count). The molecule has 1 aromatic rings. The first-order valence-corrected chi connectivity index (χ1v) is 6.73. The van der Waals surface area contributed by atoms with Crippen molar-refractivity contribution in [2.75, 3.05) is 11.9 Å². The van der Waals surface area contributed by atoms with Crippen LogP contribution in [0.5, 0.6) is 0 Å². The Morgan fingerprint density at radius 3 is 2.68 bits per heavy atom. The molecule has 0 heterocycles. The molecule has 0 unspecified atom stereocenters. The number of carbonyl (C=O) groups is 2. The summed E-state index contributed by atoms with van der Waals surface area (Å²) < 4.78 is 0. The quantitative estimate of drug-likeness (QED) is 0.843. The van der Waals surface area contributed by atoms with Gasteiger partial charge in [-0.1, -0.05) is 31.0 Å². The smallest absolute Gasteiger partial charge is 0.243 e. The van der Waals surface area contributed by atoms with Crippen LogP contribution in [-0.4, -0.2) is 18.4 Å². The van der Waals surface area contributed by atoms with E-state index in [9.17, 15) is 9.59 Å². The predicted molar refractivity (Wildman–Crippen MR) is 77.4 cm³/mol. The van der Waals surface area contributed by atoms with E-state index in [2.05, 4.69) is 10.6 Å². The first kappa shape index (κ1) is 15.5. The SMILES string of the molecule is CCCCC(=O)NCC(=O)Nc1cc(Cl)ccc1C. The summed E-state index contributed by atoms with van der Waals surface area (Å²) in [5.74, 6) is -0.352. The van der Waals surface area contributed by atoms with Crippen molar-refractivity contribution in [1.82, 2.24) is 5.32 Å². The molecule has 0 radical (unpaired) electrons. The predicted octanol–water partition coefficient (Wildman–Crippen LogP) is 2.89. The Balaban J connectivity index is 2.43. The number of amides is 2. The number of hydrogen-bond acceptors (Lipinski definition) is 2. The highest BCUT2D eigenvalue weighted by molar-refractivity contribution is 6.31. The van der Waals surface area contributed by atoms with Crippen LogP contribution in [-0.2, 0) is 9.59 Å². The maximum atomic E-state index is 11.7. The van der Waals surface area contributed by atoms with Gasteiger partial charge in [0.15, 0.2) is 0 Å². The highest BCUT2D eigenvalue weighted by Gasteiger charge is 2.07. The molecular formula is C14H19ClN2O2. The summed E-state index contributed by atoms with van der Waals surface area (Å²) in [5, 5.41) is 5.87. The fourth-order valence-electron chi connectivity index (χ4n) is 1.53. The zero-order valence-electron chi connectivity index (χ0n) is 11.3. The molecule has 0 saturated carbocycles. The fraction of sp³-hybridized carbons (Fsp3) is 0.429. The highest BCUT2D eigenvalue weighted by atomic mass is 35.5. The van der Waals surface area contributed by atoms with Crippen molar-refractivity contribution >= 4 is 29.1 Å². The van der Waals surface area contributed by atoms with Crippen LogP contribution in [0.25, 0.3) is 0 Å². The minimum Gasteiger partial charge on any atom is -0.347 e. The van der Waals surface area contributed by atoms with Crippen LogP contribution >= 0.6 is 11.6 Å². The second-order valence-electron chi connectivity index (χ2n) is 4.39. The van der Waals surface area contributed by atoms with Crippen molar-refractivity contribution in [3.8, 4) is 0 Å². The van der Waals surface area contributed by atoms with Gasteiger partial charge in [0.25, 0.3) is 0 Å². The Kier molecular flexibility index (Phi) is 6.36. The number of benzene rings is 1. The van der Waals surface area contributed by atoms with Gasteiger partial charge in [0, 0.05) is 17.1 Å². The van der Waals surface area contributed by atoms with E-state index in [1.165, 1.54) is 0 Å². The van der Waals surface area contributed by atoms with E-state index in [0.29, 0.717) is 17.1 Å². The number of carbonyl (C=O) groups excluding carboxylic acids is 2. The van der Waals surface area contributed by atoms with Crippen molar-refractivity contribution in [2.45, 2.75) is 33.1 Å². The van der Waals surface area contributed by atoms with Crippen LogP contribution in [0.2, 0.25) is 5.02 Å². The monoisotopic (exact) mass is 282 g/mol. The summed E-state index contributed by atoms with van der Waals surface area (Å²) in [5.41, 5.74) is 1.59. The molecule has 0 aliphatic heterocycles. The average Bonchev–Trinajstić information content (AvgIpc) is 2.38. The average molecular weight is 283 g/mol. The molecule has 0 saturated heterocycles. The Morgan fingerprint density at radius 2 is 2.00 bits per heavy atom. The molecule has 0 aliphatic carbocycles. The molecule has 4 nitrogen and oxygen atoms in total. The van der Waals surface area contributed by atoms with Gasteiger partial charge in [-0.2, -0.15) is 0 Å². The first-order valence-electron chi connectivity index (χ1n) is 6.35. The molecular weight excluding hydrogens is 264 g/mol. The lowest BCUT2D eigenvalue weighted by Crippen LogP contribution is -2.32. The van der Waals surface area contributed by atoms with Gasteiger partial charge < -0.3 is 10.6 Å². The van der Waals surface area contributed by atoms with Crippen molar-refractivity contribution in [2.24, 2.45) is 0 Å². The zero-order chi connectivity index (χ0) is 14.3. The van der Waals surface area contributed by atoms with E-state index in [0.717, 1.165) is 18.4 Å². The molecule has 0 aliphatic rings. The third-order valence-electron chi connectivity index (χ3n) is 2.68. The molecule has 1 aromatic carbocycles. The number of hydrogen-bond donors (Lipinski definition) is 2. The standard InChI is InChI=1S/C14H19ClN2O2/c1-3-4-5-13(18)16-9-14(19)17-12-8-11(15)7-6-10(12)2/h6-8H,3-5,9H2,1-2H3,(H,16,18)(H,17,19). The van der Waals surface area contributed by atoms with Crippen molar-refractivity contribution < 1.29 is 9.59 Å². The van der Waals surface area contributed by atoms with Crippen molar-refractivity contribution in [3.05, 3.63) is 28.8 Å². The summed E-state index contributed by atoms with van der Waals surface area (Å²) in [4.78, 5) is 23.1. The summed E-state index contributed by atoms with van der Waals surface area (Å²) in [6, 6.07) is 5.28. The normalized spacial score (nSPS) is 10.1. The molecule has 0 aromatic heterocycles. The number of rotatable bonds is 6. The largest absolute Gasteiger partial charge is 0.347 e. The molecule has 0 fully saturated rings. The highest BCUT2D eigenvalue weighted by Crippen LogP contribution is 2.19. The summed E-state index contributed by atoms with van der Waals surface area (Å²) in [6.45, 7) is 3.88. The summed E-state index contributed by atoms with van der Waals surface area (Å²) >= 11 is 5.86. The van der Waals surface area contributed by atoms with Crippen molar-refractivity contribution in [3.63, 3.8) is 0 Å². The summed E-state index contributed by atoms with van der Waals surface area (Å²) in [6.07, 6.45) is 2.25. The molecule has 104 valence electrons. The second kappa shape index (κ2) is 7.79. The molecule has 19 heavy (non-hydrogen) atoms. The number of aryl methyl sites for hydroxylation is 1. The number of unbranched alkanes of at least 4 members (excludes halogenated alkanes) is 1. The van der Waals surface area contributed by atoms with Gasteiger partial charge in [-0.3, -0.25) is 9.59 Å². The lowest BCUT2D eigenvalue weighted by Gasteiger charge is -2.09. The fourth-order valence-corrected chi connectivity index (χ4v) is 1.70. The van der Waals surface area contributed by atoms with Gasteiger partial charge in [0.1, 0.15) is 0 Å². The van der Waals surface area contributed by atoms with Crippen LogP contribution in [0.3, 0.4) is 0 Å². The third kappa shape index (κ3) is 5.75. The minimum atomic E-state index is -0.254. The molecule has 2 amide bonds. The number of nitrogens with one attached hydrogen (secondary N) is 2. The molecule has 5 heteroatoms.